The van der Waals surface area contributed by atoms with Crippen molar-refractivity contribution in [3.05, 3.63) is 27.8 Å². The van der Waals surface area contributed by atoms with Gasteiger partial charge in [0.1, 0.15) is 10.7 Å². The number of halogens is 2. The Kier molecular flexibility index (Phi) is 4.37. The van der Waals surface area contributed by atoms with Crippen molar-refractivity contribution >= 4 is 65.4 Å². The molecule has 0 amide bonds. The van der Waals surface area contributed by atoms with Crippen molar-refractivity contribution in [2.75, 3.05) is 0 Å². The first-order valence-electron chi connectivity index (χ1n) is 7.14. The minimum absolute atomic E-state index is 0.101. The topological polar surface area (TPSA) is 45.4 Å². The van der Waals surface area contributed by atoms with Crippen LogP contribution in [0.15, 0.2) is 17.1 Å². The van der Waals surface area contributed by atoms with Gasteiger partial charge in [0.15, 0.2) is 0 Å². The van der Waals surface area contributed by atoms with Gasteiger partial charge in [-0.2, -0.15) is 0 Å². The molecule has 0 bridgehead atoms. The summed E-state index contributed by atoms with van der Waals surface area (Å²) in [6, 6.07) is 1.80. The molecule has 23 heavy (non-hydrogen) atoms. The van der Waals surface area contributed by atoms with Gasteiger partial charge < -0.3 is 13.9 Å². The summed E-state index contributed by atoms with van der Waals surface area (Å²) >= 11 is 8.40. The lowest BCUT2D eigenvalue weighted by Gasteiger charge is -2.32. The molecule has 0 aromatic carbocycles. The molecule has 1 aliphatic rings. The number of hydrogen-bond donors (Lipinski definition) is 0. The summed E-state index contributed by atoms with van der Waals surface area (Å²) in [5.41, 5.74) is 0.374. The van der Waals surface area contributed by atoms with Gasteiger partial charge in [0.25, 0.3) is 5.56 Å². The second kappa shape index (κ2) is 5.69. The first kappa shape index (κ1) is 17.7. The lowest BCUT2D eigenvalue weighted by atomic mass is 9.78. The van der Waals surface area contributed by atoms with Crippen molar-refractivity contribution in [3.8, 4) is 0 Å². The molecular formula is C14H17BClIN2O3S. The maximum atomic E-state index is 12.5. The Labute approximate surface area is 156 Å². The van der Waals surface area contributed by atoms with Crippen molar-refractivity contribution in [2.24, 2.45) is 7.05 Å². The fourth-order valence-corrected chi connectivity index (χ4v) is 4.85. The van der Waals surface area contributed by atoms with E-state index in [0.717, 1.165) is 10.8 Å². The normalized spacial score (nSPS) is 19.7. The largest absolute Gasteiger partial charge is 0.497 e. The average molecular weight is 467 g/mol. The predicted molar refractivity (Wildman–Crippen MR) is 105 cm³/mol. The van der Waals surface area contributed by atoms with E-state index in [4.69, 9.17) is 20.9 Å². The standard InChI is InChI=1S/C14H17BClIN2O3S/c1-13(2)14(3,4)22-15(21-13)9-7-18(5)12(20)11-8(9)6-10(16)19(11)23-17/h6-7H,1-5H3. The van der Waals surface area contributed by atoms with Gasteiger partial charge in [-0.25, -0.2) is 0 Å². The smallest absolute Gasteiger partial charge is 0.399 e. The minimum atomic E-state index is -0.541. The van der Waals surface area contributed by atoms with Gasteiger partial charge in [-0.05, 0) is 33.8 Å². The highest BCUT2D eigenvalue weighted by atomic mass is 127. The van der Waals surface area contributed by atoms with Crippen LogP contribution in [-0.4, -0.2) is 26.9 Å². The molecular weight excluding hydrogens is 449 g/mol. The van der Waals surface area contributed by atoms with E-state index >= 15 is 0 Å². The average Bonchev–Trinajstić information content (AvgIpc) is 2.88. The quantitative estimate of drug-likeness (QED) is 0.504. The van der Waals surface area contributed by atoms with Crippen LogP contribution in [0.5, 0.6) is 0 Å². The van der Waals surface area contributed by atoms with Crippen molar-refractivity contribution in [2.45, 2.75) is 38.9 Å². The molecule has 1 aliphatic heterocycles. The zero-order chi connectivity index (χ0) is 17.2. The molecule has 1 saturated heterocycles. The molecule has 0 unspecified atom stereocenters. The molecule has 0 N–H and O–H groups in total. The van der Waals surface area contributed by atoms with Gasteiger partial charge in [0, 0.05) is 54.4 Å². The third-order valence-electron chi connectivity index (χ3n) is 4.66. The molecule has 124 valence electrons. The van der Waals surface area contributed by atoms with Crippen LogP contribution in [-0.2, 0) is 16.4 Å². The van der Waals surface area contributed by atoms with Gasteiger partial charge in [-0.15, -0.1) is 0 Å². The van der Waals surface area contributed by atoms with E-state index in [0.29, 0.717) is 10.7 Å². The Bertz CT molecular complexity index is 833. The molecule has 0 aliphatic carbocycles. The number of rotatable bonds is 2. The SMILES string of the molecule is Cn1cc(B2OC(C)(C)C(C)(C)O2)c2cc(Cl)n(SI)c2c1=O. The molecule has 5 nitrogen and oxygen atoms in total. The Morgan fingerprint density at radius 1 is 1.26 bits per heavy atom. The molecule has 0 saturated carbocycles. The van der Waals surface area contributed by atoms with E-state index in [2.05, 4.69) is 21.2 Å². The van der Waals surface area contributed by atoms with Crippen LogP contribution in [0, 0.1) is 0 Å². The summed E-state index contributed by atoms with van der Waals surface area (Å²) in [6.07, 6.45) is 1.77. The van der Waals surface area contributed by atoms with Crippen LogP contribution in [0.4, 0.5) is 0 Å². The third-order valence-corrected chi connectivity index (χ3v) is 6.74. The molecule has 0 radical (unpaired) electrons. The van der Waals surface area contributed by atoms with Crippen LogP contribution < -0.4 is 11.0 Å². The van der Waals surface area contributed by atoms with Crippen molar-refractivity contribution in [1.29, 1.82) is 0 Å². The van der Waals surface area contributed by atoms with E-state index in [-0.39, 0.29) is 5.56 Å². The Balaban J connectivity index is 2.24. The Hall–Kier alpha value is -0.155. The van der Waals surface area contributed by atoms with Gasteiger partial charge in [-0.1, -0.05) is 11.6 Å². The minimum Gasteiger partial charge on any atom is -0.399 e. The fraction of sp³-hybridized carbons (Fsp3) is 0.500. The summed E-state index contributed by atoms with van der Waals surface area (Å²) in [5, 5.41) is 1.27. The van der Waals surface area contributed by atoms with Crippen LogP contribution in [0.2, 0.25) is 5.15 Å². The molecule has 3 heterocycles. The van der Waals surface area contributed by atoms with E-state index < -0.39 is 18.3 Å². The first-order chi connectivity index (χ1) is 10.6. The monoisotopic (exact) mass is 466 g/mol. The van der Waals surface area contributed by atoms with Gasteiger partial charge in [-0.3, -0.25) is 8.77 Å². The lowest BCUT2D eigenvalue weighted by Crippen LogP contribution is -2.41. The number of pyridine rings is 1. The van der Waals surface area contributed by atoms with E-state index in [1.165, 1.54) is 9.12 Å². The van der Waals surface area contributed by atoms with Crippen molar-refractivity contribution in [3.63, 3.8) is 0 Å². The number of aryl methyl sites for hydroxylation is 1. The Morgan fingerprint density at radius 2 is 1.83 bits per heavy atom. The lowest BCUT2D eigenvalue weighted by molar-refractivity contribution is 0.00578. The van der Waals surface area contributed by atoms with Crippen LogP contribution in [0.1, 0.15) is 27.7 Å². The number of hydrogen-bond acceptors (Lipinski definition) is 4. The molecule has 3 rings (SSSR count). The van der Waals surface area contributed by atoms with Crippen molar-refractivity contribution < 1.29 is 9.31 Å². The second-order valence-corrected chi connectivity index (χ2v) is 8.75. The van der Waals surface area contributed by atoms with E-state index in [9.17, 15) is 4.79 Å². The number of nitrogens with zero attached hydrogens (tertiary/aromatic N) is 2. The van der Waals surface area contributed by atoms with Gasteiger partial charge in [0.05, 0.1) is 11.2 Å². The van der Waals surface area contributed by atoms with Gasteiger partial charge in [0.2, 0.25) is 0 Å². The van der Waals surface area contributed by atoms with Gasteiger partial charge >= 0.3 is 7.12 Å². The molecule has 2 aromatic rings. The highest BCUT2D eigenvalue weighted by Gasteiger charge is 2.52. The maximum Gasteiger partial charge on any atom is 0.497 e. The third kappa shape index (κ3) is 2.66. The first-order valence-corrected chi connectivity index (χ1v) is 10.8. The highest BCUT2D eigenvalue weighted by Crippen LogP contribution is 2.37. The second-order valence-electron chi connectivity index (χ2n) is 6.68. The zero-order valence-electron chi connectivity index (χ0n) is 13.5. The molecule has 0 atom stereocenters. The van der Waals surface area contributed by atoms with Crippen LogP contribution in [0.25, 0.3) is 10.9 Å². The maximum absolute atomic E-state index is 12.5. The predicted octanol–water partition coefficient (Wildman–Crippen LogP) is 3.14. The molecule has 0 spiro atoms. The summed E-state index contributed by atoms with van der Waals surface area (Å²) in [5.74, 6) is 0. The fourth-order valence-electron chi connectivity index (χ4n) is 2.61. The Morgan fingerprint density at radius 3 is 2.35 bits per heavy atom. The van der Waals surface area contributed by atoms with Crippen molar-refractivity contribution in [1.82, 2.24) is 8.54 Å². The zero-order valence-corrected chi connectivity index (χ0v) is 17.2. The van der Waals surface area contributed by atoms with Crippen LogP contribution in [0.3, 0.4) is 0 Å². The summed E-state index contributed by atoms with van der Waals surface area (Å²) < 4.78 is 15.5. The van der Waals surface area contributed by atoms with E-state index in [1.54, 1.807) is 27.9 Å². The van der Waals surface area contributed by atoms with Crippen LogP contribution >= 0.6 is 41.9 Å². The highest BCUT2D eigenvalue weighted by molar-refractivity contribution is 14.2. The summed E-state index contributed by atoms with van der Waals surface area (Å²) in [4.78, 5) is 12.5. The molecule has 2 aromatic heterocycles. The summed E-state index contributed by atoms with van der Waals surface area (Å²) in [7, 11) is 2.55. The van der Waals surface area contributed by atoms with E-state index in [1.807, 2.05) is 27.7 Å². The molecule has 9 heteroatoms. The molecule has 1 fully saturated rings. The number of fused-ring (bicyclic) bond motifs is 1. The summed E-state index contributed by atoms with van der Waals surface area (Å²) in [6.45, 7) is 8.02. The number of aromatic nitrogens is 2.